The Morgan fingerprint density at radius 1 is 1.04 bits per heavy atom. The molecule has 0 atom stereocenters. The zero-order valence-corrected chi connectivity index (χ0v) is 13.9. The Labute approximate surface area is 150 Å². The predicted molar refractivity (Wildman–Crippen MR) is 90.5 cm³/mol. The molecule has 4 rings (SSSR count). The average molecular weight is 372 g/mol. The largest absolute Gasteiger partial charge is 0.422 e. The molecule has 136 valence electrons. The van der Waals surface area contributed by atoms with Crippen LogP contribution >= 0.6 is 0 Å². The number of aromatic nitrogens is 4. The first kappa shape index (κ1) is 16.8. The molecule has 0 fully saturated rings. The summed E-state index contributed by atoms with van der Waals surface area (Å²) in [5.41, 5.74) is -0.119. The summed E-state index contributed by atoms with van der Waals surface area (Å²) >= 11 is 0. The highest BCUT2D eigenvalue weighted by atomic mass is 19.2. The second-order valence-electron chi connectivity index (χ2n) is 5.69. The smallest absolute Gasteiger partial charge is 0.311 e. The molecule has 4 aromatic rings. The Morgan fingerprint density at radius 2 is 1.78 bits per heavy atom. The van der Waals surface area contributed by atoms with Gasteiger partial charge in [-0.1, -0.05) is 6.07 Å². The fraction of sp³-hybridized carbons (Fsp3) is 0.0556. The van der Waals surface area contributed by atoms with Crippen molar-refractivity contribution in [2.24, 2.45) is 7.05 Å². The summed E-state index contributed by atoms with van der Waals surface area (Å²) in [5, 5.41) is 0. The van der Waals surface area contributed by atoms with E-state index in [2.05, 4.69) is 9.97 Å². The van der Waals surface area contributed by atoms with E-state index in [0.717, 1.165) is 22.8 Å². The second kappa shape index (κ2) is 6.27. The summed E-state index contributed by atoms with van der Waals surface area (Å²) < 4.78 is 48.7. The Bertz CT molecular complexity index is 1220. The van der Waals surface area contributed by atoms with E-state index in [0.29, 0.717) is 0 Å². The molecule has 2 heterocycles. The van der Waals surface area contributed by atoms with Crippen LogP contribution in [0.5, 0.6) is 11.8 Å². The fourth-order valence-corrected chi connectivity index (χ4v) is 2.59. The van der Waals surface area contributed by atoms with Crippen molar-refractivity contribution in [3.8, 4) is 17.4 Å². The molecule has 0 saturated carbocycles. The molecule has 6 nitrogen and oxygen atoms in total. The molecule has 2 aromatic carbocycles. The van der Waals surface area contributed by atoms with Crippen LogP contribution in [0.4, 0.5) is 13.2 Å². The fourth-order valence-electron chi connectivity index (χ4n) is 2.59. The summed E-state index contributed by atoms with van der Waals surface area (Å²) in [6.07, 6.45) is 1.39. The topological polar surface area (TPSA) is 61.9 Å². The molecular formula is C18H11F3N4O2. The molecule has 0 radical (unpaired) electrons. The van der Waals surface area contributed by atoms with Crippen molar-refractivity contribution >= 4 is 11.2 Å². The number of benzene rings is 2. The second-order valence-corrected chi connectivity index (χ2v) is 5.69. The number of nitrogens with zero attached hydrogens (tertiary/aromatic N) is 4. The van der Waals surface area contributed by atoms with Crippen molar-refractivity contribution in [3.05, 3.63) is 76.6 Å². The van der Waals surface area contributed by atoms with Crippen molar-refractivity contribution in [1.29, 1.82) is 0 Å². The van der Waals surface area contributed by atoms with E-state index in [9.17, 15) is 18.0 Å². The van der Waals surface area contributed by atoms with Gasteiger partial charge in [0.2, 0.25) is 5.82 Å². The van der Waals surface area contributed by atoms with Crippen molar-refractivity contribution in [3.63, 3.8) is 0 Å². The highest BCUT2D eigenvalue weighted by molar-refractivity contribution is 5.70. The van der Waals surface area contributed by atoms with E-state index in [4.69, 9.17) is 4.74 Å². The third-order valence-electron chi connectivity index (χ3n) is 3.91. The molecule has 2 aromatic heterocycles. The third-order valence-corrected chi connectivity index (χ3v) is 3.91. The van der Waals surface area contributed by atoms with Crippen molar-refractivity contribution < 1.29 is 17.9 Å². The van der Waals surface area contributed by atoms with Crippen molar-refractivity contribution in [2.45, 2.75) is 0 Å². The van der Waals surface area contributed by atoms with Gasteiger partial charge in [0.1, 0.15) is 5.82 Å². The van der Waals surface area contributed by atoms with Crippen LogP contribution in [0.2, 0.25) is 0 Å². The van der Waals surface area contributed by atoms with Gasteiger partial charge in [-0.25, -0.2) is 18.3 Å². The van der Waals surface area contributed by atoms with Gasteiger partial charge in [-0.15, -0.1) is 0 Å². The van der Waals surface area contributed by atoms with Gasteiger partial charge in [0.15, 0.2) is 22.7 Å². The Hall–Kier alpha value is -3.62. The molecule has 0 amide bonds. The molecular weight excluding hydrogens is 361 g/mol. The van der Waals surface area contributed by atoms with Gasteiger partial charge < -0.3 is 9.30 Å². The molecule has 0 saturated heterocycles. The van der Waals surface area contributed by atoms with Crippen LogP contribution in [0.1, 0.15) is 0 Å². The first-order valence-corrected chi connectivity index (χ1v) is 7.77. The third kappa shape index (κ3) is 2.82. The zero-order valence-electron chi connectivity index (χ0n) is 13.9. The molecule has 0 aliphatic carbocycles. The highest BCUT2D eigenvalue weighted by Crippen LogP contribution is 2.26. The van der Waals surface area contributed by atoms with E-state index in [1.165, 1.54) is 35.2 Å². The summed E-state index contributed by atoms with van der Waals surface area (Å²) in [6.45, 7) is 0. The van der Waals surface area contributed by atoms with Crippen LogP contribution in [0, 0.1) is 17.5 Å². The van der Waals surface area contributed by atoms with Crippen LogP contribution in [0.3, 0.4) is 0 Å². The van der Waals surface area contributed by atoms with E-state index in [1.54, 1.807) is 7.05 Å². The van der Waals surface area contributed by atoms with Gasteiger partial charge in [-0.05, 0) is 36.4 Å². The van der Waals surface area contributed by atoms with Crippen LogP contribution in [0.15, 0.2) is 53.6 Å². The zero-order chi connectivity index (χ0) is 19.1. The van der Waals surface area contributed by atoms with E-state index in [1.807, 2.05) is 0 Å². The summed E-state index contributed by atoms with van der Waals surface area (Å²) in [5.74, 6) is -3.27. The van der Waals surface area contributed by atoms with Gasteiger partial charge in [-0.2, -0.15) is 9.37 Å². The predicted octanol–water partition coefficient (Wildman–Crippen LogP) is 3.33. The van der Waals surface area contributed by atoms with Crippen LogP contribution in [-0.2, 0) is 7.05 Å². The number of aryl methyl sites for hydroxylation is 1. The van der Waals surface area contributed by atoms with E-state index >= 15 is 0 Å². The first-order chi connectivity index (χ1) is 13.0. The summed E-state index contributed by atoms with van der Waals surface area (Å²) in [6, 6.07) is 8.06. The lowest BCUT2D eigenvalue weighted by atomic mass is 10.3. The molecule has 0 N–H and O–H groups in total. The Morgan fingerprint density at radius 3 is 2.52 bits per heavy atom. The maximum Gasteiger partial charge on any atom is 0.311 e. The number of rotatable bonds is 3. The summed E-state index contributed by atoms with van der Waals surface area (Å²) in [7, 11) is 1.62. The van der Waals surface area contributed by atoms with Gasteiger partial charge in [-0.3, -0.25) is 4.79 Å². The van der Waals surface area contributed by atoms with Gasteiger partial charge >= 0.3 is 6.01 Å². The number of fused-ring (bicyclic) bond motifs is 1. The number of ether oxygens (including phenoxy) is 1. The lowest BCUT2D eigenvalue weighted by Crippen LogP contribution is -2.22. The summed E-state index contributed by atoms with van der Waals surface area (Å²) in [4.78, 5) is 21.1. The monoisotopic (exact) mass is 372 g/mol. The van der Waals surface area contributed by atoms with Crippen LogP contribution in [0.25, 0.3) is 16.9 Å². The van der Waals surface area contributed by atoms with Gasteiger partial charge in [0, 0.05) is 7.05 Å². The quantitative estimate of drug-likeness (QED) is 0.554. The molecule has 0 bridgehead atoms. The maximum absolute atomic E-state index is 14.0. The number of imidazole rings is 1. The van der Waals surface area contributed by atoms with Crippen molar-refractivity contribution in [2.75, 3.05) is 0 Å². The number of hydrogen-bond acceptors (Lipinski definition) is 4. The average Bonchev–Trinajstić information content (AvgIpc) is 3.02. The Balaban J connectivity index is 1.98. The first-order valence-electron chi connectivity index (χ1n) is 7.77. The molecule has 0 aliphatic heterocycles. The number of hydrogen-bond donors (Lipinski definition) is 0. The molecule has 9 heteroatoms. The minimum Gasteiger partial charge on any atom is -0.422 e. The lowest BCUT2D eigenvalue weighted by Gasteiger charge is -2.13. The highest BCUT2D eigenvalue weighted by Gasteiger charge is 2.19. The maximum atomic E-state index is 14.0. The molecule has 27 heavy (non-hydrogen) atoms. The van der Waals surface area contributed by atoms with E-state index in [-0.39, 0.29) is 22.9 Å². The standard InChI is InChI=1S/C18H11F3N4O2/c1-24-9-22-15-16(24)23-18(27-13-4-2-3-12(20)14(13)21)25(17(15)26)11-7-5-10(19)6-8-11/h2-9H,1H3. The molecule has 0 unspecified atom stereocenters. The van der Waals surface area contributed by atoms with Crippen LogP contribution in [-0.4, -0.2) is 19.1 Å². The normalized spacial score (nSPS) is 11.1. The molecule has 0 aliphatic rings. The van der Waals surface area contributed by atoms with Crippen molar-refractivity contribution in [1.82, 2.24) is 19.1 Å². The minimum atomic E-state index is -1.22. The minimum absolute atomic E-state index is 0.0499. The lowest BCUT2D eigenvalue weighted by molar-refractivity contribution is 0.383. The van der Waals surface area contributed by atoms with Gasteiger partial charge in [0.25, 0.3) is 5.56 Å². The van der Waals surface area contributed by atoms with E-state index < -0.39 is 28.8 Å². The SMILES string of the molecule is Cn1cnc2c(=O)n(-c3ccc(F)cc3)c(Oc3cccc(F)c3F)nc21. The number of halogens is 3. The van der Waals surface area contributed by atoms with Crippen LogP contribution < -0.4 is 10.3 Å². The molecule has 0 spiro atoms. The Kier molecular flexibility index (Phi) is 3.91. The van der Waals surface area contributed by atoms with Gasteiger partial charge in [0.05, 0.1) is 12.0 Å².